The number of hydrogen-bond acceptors (Lipinski definition) is 5. The number of para-hydroxylation sites is 1. The Morgan fingerprint density at radius 1 is 0.759 bits per heavy atom. The van der Waals surface area contributed by atoms with E-state index in [4.69, 9.17) is 18.9 Å². The Morgan fingerprint density at radius 3 is 2.10 bits per heavy atom. The lowest BCUT2D eigenvalue weighted by Crippen LogP contribution is -2.13. The van der Waals surface area contributed by atoms with Crippen LogP contribution in [0.5, 0.6) is 23.0 Å². The third kappa shape index (κ3) is 4.27. The predicted molar refractivity (Wildman–Crippen MR) is 112 cm³/mol. The van der Waals surface area contributed by atoms with Crippen molar-refractivity contribution in [1.82, 2.24) is 0 Å². The van der Waals surface area contributed by atoms with E-state index in [1.54, 1.807) is 38.5 Å². The molecule has 0 aliphatic rings. The molecule has 0 bridgehead atoms. The van der Waals surface area contributed by atoms with Gasteiger partial charge in [0, 0.05) is 11.3 Å². The SMILES string of the molecule is COc1ccc(-c2cc(NC(=O)c3cccc(OC)c3OC)ccc2OC)cc1. The summed E-state index contributed by atoms with van der Waals surface area (Å²) in [7, 11) is 6.27. The van der Waals surface area contributed by atoms with Crippen LogP contribution >= 0.6 is 0 Å². The standard InChI is InChI=1S/C23H23NO5/c1-26-17-11-8-15(9-12-17)19-14-16(10-13-20(19)27-2)24-23(25)18-6-5-7-21(28-3)22(18)29-4/h5-14H,1-4H3,(H,24,25). The minimum absolute atomic E-state index is 0.299. The first kappa shape index (κ1) is 20.1. The van der Waals surface area contributed by atoms with Gasteiger partial charge in [0.15, 0.2) is 11.5 Å². The fourth-order valence-electron chi connectivity index (χ4n) is 3.05. The van der Waals surface area contributed by atoms with Gasteiger partial charge < -0.3 is 24.3 Å². The Kier molecular flexibility index (Phi) is 6.24. The molecule has 0 spiro atoms. The van der Waals surface area contributed by atoms with Gasteiger partial charge in [-0.1, -0.05) is 18.2 Å². The van der Waals surface area contributed by atoms with E-state index in [-0.39, 0.29) is 5.91 Å². The largest absolute Gasteiger partial charge is 0.497 e. The minimum atomic E-state index is -0.299. The molecule has 3 aromatic carbocycles. The molecule has 0 unspecified atom stereocenters. The summed E-state index contributed by atoms with van der Waals surface area (Å²) in [6, 6.07) is 18.3. The molecule has 6 heteroatoms. The Morgan fingerprint density at radius 2 is 1.48 bits per heavy atom. The maximum atomic E-state index is 12.9. The van der Waals surface area contributed by atoms with Gasteiger partial charge in [0.05, 0.1) is 34.0 Å². The molecule has 1 N–H and O–H groups in total. The second kappa shape index (κ2) is 9.01. The molecule has 29 heavy (non-hydrogen) atoms. The molecular weight excluding hydrogens is 370 g/mol. The van der Waals surface area contributed by atoms with Gasteiger partial charge in [-0.3, -0.25) is 4.79 Å². The molecule has 3 rings (SSSR count). The number of rotatable bonds is 7. The lowest BCUT2D eigenvalue weighted by molar-refractivity contribution is 0.102. The van der Waals surface area contributed by atoms with Crippen molar-refractivity contribution in [3.8, 4) is 34.1 Å². The zero-order valence-electron chi connectivity index (χ0n) is 16.8. The molecule has 6 nitrogen and oxygen atoms in total. The molecule has 3 aromatic rings. The zero-order valence-corrected chi connectivity index (χ0v) is 16.8. The van der Waals surface area contributed by atoms with E-state index in [1.165, 1.54) is 14.2 Å². The summed E-state index contributed by atoms with van der Waals surface area (Å²) < 4.78 is 21.3. The van der Waals surface area contributed by atoms with Gasteiger partial charge in [0.25, 0.3) is 5.91 Å². The monoisotopic (exact) mass is 393 g/mol. The third-order valence-corrected chi connectivity index (χ3v) is 4.51. The topological polar surface area (TPSA) is 66.0 Å². The molecular formula is C23H23NO5. The highest BCUT2D eigenvalue weighted by molar-refractivity contribution is 6.07. The third-order valence-electron chi connectivity index (χ3n) is 4.51. The normalized spacial score (nSPS) is 10.2. The van der Waals surface area contributed by atoms with Crippen LogP contribution < -0.4 is 24.3 Å². The first-order chi connectivity index (χ1) is 14.1. The highest BCUT2D eigenvalue weighted by atomic mass is 16.5. The Labute approximate surface area is 170 Å². The van der Waals surface area contributed by atoms with Crippen LogP contribution in [0.15, 0.2) is 60.7 Å². The molecule has 0 saturated heterocycles. The number of carbonyl (C=O) groups is 1. The van der Waals surface area contributed by atoms with Crippen LogP contribution in [-0.2, 0) is 0 Å². The number of hydrogen-bond donors (Lipinski definition) is 1. The second-order valence-corrected chi connectivity index (χ2v) is 6.14. The van der Waals surface area contributed by atoms with E-state index >= 15 is 0 Å². The van der Waals surface area contributed by atoms with E-state index in [2.05, 4.69) is 5.32 Å². The van der Waals surface area contributed by atoms with Crippen LogP contribution in [0, 0.1) is 0 Å². The zero-order chi connectivity index (χ0) is 20.8. The van der Waals surface area contributed by atoms with Gasteiger partial charge in [0.2, 0.25) is 0 Å². The molecule has 0 atom stereocenters. The fraction of sp³-hybridized carbons (Fsp3) is 0.174. The van der Waals surface area contributed by atoms with Gasteiger partial charge in [-0.2, -0.15) is 0 Å². The number of methoxy groups -OCH3 is 4. The second-order valence-electron chi connectivity index (χ2n) is 6.14. The van der Waals surface area contributed by atoms with Crippen molar-refractivity contribution in [2.45, 2.75) is 0 Å². The molecule has 0 saturated carbocycles. The molecule has 0 radical (unpaired) electrons. The van der Waals surface area contributed by atoms with Crippen LogP contribution in [0.1, 0.15) is 10.4 Å². The van der Waals surface area contributed by atoms with Gasteiger partial charge in [-0.05, 0) is 48.0 Å². The molecule has 0 heterocycles. The molecule has 0 aliphatic carbocycles. The Bertz CT molecular complexity index is 999. The van der Waals surface area contributed by atoms with Gasteiger partial charge >= 0.3 is 0 Å². The van der Waals surface area contributed by atoms with Gasteiger partial charge in [0.1, 0.15) is 11.5 Å². The van der Waals surface area contributed by atoms with Crippen LogP contribution in [0.4, 0.5) is 5.69 Å². The average Bonchev–Trinajstić information content (AvgIpc) is 2.78. The maximum absolute atomic E-state index is 12.9. The van der Waals surface area contributed by atoms with Crippen molar-refractivity contribution >= 4 is 11.6 Å². The lowest BCUT2D eigenvalue weighted by Gasteiger charge is -2.14. The minimum Gasteiger partial charge on any atom is -0.497 e. The number of amides is 1. The summed E-state index contributed by atoms with van der Waals surface area (Å²) in [5.74, 6) is 2.05. The highest BCUT2D eigenvalue weighted by Gasteiger charge is 2.17. The Hall–Kier alpha value is -3.67. The first-order valence-corrected chi connectivity index (χ1v) is 8.96. The van der Waals surface area contributed by atoms with Gasteiger partial charge in [-0.25, -0.2) is 0 Å². The smallest absolute Gasteiger partial charge is 0.259 e. The summed E-state index contributed by atoms with van der Waals surface area (Å²) in [4.78, 5) is 12.9. The molecule has 1 amide bonds. The van der Waals surface area contributed by atoms with E-state index in [0.29, 0.717) is 28.5 Å². The van der Waals surface area contributed by atoms with Crippen LogP contribution in [-0.4, -0.2) is 34.3 Å². The van der Waals surface area contributed by atoms with Crippen LogP contribution in [0.3, 0.4) is 0 Å². The summed E-state index contributed by atoms with van der Waals surface area (Å²) in [5, 5.41) is 2.91. The van der Waals surface area contributed by atoms with Gasteiger partial charge in [-0.15, -0.1) is 0 Å². The summed E-state index contributed by atoms with van der Waals surface area (Å²) in [5.41, 5.74) is 2.81. The van der Waals surface area contributed by atoms with Crippen molar-refractivity contribution in [3.63, 3.8) is 0 Å². The predicted octanol–water partition coefficient (Wildman–Crippen LogP) is 4.64. The van der Waals surface area contributed by atoms with E-state index in [9.17, 15) is 4.79 Å². The lowest BCUT2D eigenvalue weighted by atomic mass is 10.0. The van der Waals surface area contributed by atoms with Crippen molar-refractivity contribution in [2.75, 3.05) is 33.8 Å². The molecule has 0 aliphatic heterocycles. The van der Waals surface area contributed by atoms with Crippen molar-refractivity contribution in [1.29, 1.82) is 0 Å². The Balaban J connectivity index is 1.93. The van der Waals surface area contributed by atoms with Crippen LogP contribution in [0.2, 0.25) is 0 Å². The van der Waals surface area contributed by atoms with E-state index in [1.807, 2.05) is 36.4 Å². The first-order valence-electron chi connectivity index (χ1n) is 8.96. The summed E-state index contributed by atoms with van der Waals surface area (Å²) >= 11 is 0. The molecule has 150 valence electrons. The fourth-order valence-corrected chi connectivity index (χ4v) is 3.05. The number of benzene rings is 3. The summed E-state index contributed by atoms with van der Waals surface area (Å²) in [6.07, 6.45) is 0. The van der Waals surface area contributed by atoms with E-state index < -0.39 is 0 Å². The number of nitrogens with one attached hydrogen (secondary N) is 1. The van der Waals surface area contributed by atoms with Crippen LogP contribution in [0.25, 0.3) is 11.1 Å². The number of carbonyl (C=O) groups excluding carboxylic acids is 1. The van der Waals surface area contributed by atoms with E-state index in [0.717, 1.165) is 16.9 Å². The highest BCUT2D eigenvalue weighted by Crippen LogP contribution is 2.35. The van der Waals surface area contributed by atoms with Crippen molar-refractivity contribution < 1.29 is 23.7 Å². The van der Waals surface area contributed by atoms with Crippen molar-refractivity contribution in [3.05, 3.63) is 66.2 Å². The quantitative estimate of drug-likeness (QED) is 0.633. The summed E-state index contributed by atoms with van der Waals surface area (Å²) in [6.45, 7) is 0. The van der Waals surface area contributed by atoms with Crippen molar-refractivity contribution in [2.24, 2.45) is 0 Å². The number of ether oxygens (including phenoxy) is 4. The average molecular weight is 393 g/mol. The number of anilines is 1. The maximum Gasteiger partial charge on any atom is 0.259 e. The molecule has 0 fully saturated rings. The molecule has 0 aromatic heterocycles.